The number of rotatable bonds is 7. The van der Waals surface area contributed by atoms with E-state index in [2.05, 4.69) is 29.2 Å². The molecule has 0 radical (unpaired) electrons. The van der Waals surface area contributed by atoms with Crippen LogP contribution in [0.1, 0.15) is 41.0 Å². The summed E-state index contributed by atoms with van der Waals surface area (Å²) in [5, 5.41) is 5.79. The van der Waals surface area contributed by atoms with E-state index in [1.807, 2.05) is 20.8 Å². The first-order chi connectivity index (χ1) is 9.14. The van der Waals surface area contributed by atoms with Crippen LogP contribution in [-0.2, 0) is 14.3 Å². The third-order valence-electron chi connectivity index (χ3n) is 2.36. The summed E-state index contributed by atoms with van der Waals surface area (Å²) in [6.07, 6.45) is 0.357. The highest BCUT2D eigenvalue weighted by Crippen LogP contribution is 2.09. The van der Waals surface area contributed by atoms with Gasteiger partial charge in [0.25, 0.3) is 0 Å². The topological polar surface area (TPSA) is 76.7 Å². The Morgan fingerprint density at radius 2 is 1.80 bits per heavy atom. The second-order valence-corrected chi connectivity index (χ2v) is 6.18. The maximum atomic E-state index is 11.8. The standard InChI is InChI=1S/C14H28N2O4/c1-10(2)7-11(8-15-9-12(17)19-6)16-13(18)20-14(3,4)5/h10-11,15H,7-9H2,1-6H3,(H,16,18). The minimum absolute atomic E-state index is 0.0884. The molecule has 2 N–H and O–H groups in total. The van der Waals surface area contributed by atoms with Crippen molar-refractivity contribution in [3.05, 3.63) is 0 Å². The van der Waals surface area contributed by atoms with Crippen molar-refractivity contribution in [3.8, 4) is 0 Å². The van der Waals surface area contributed by atoms with Crippen molar-refractivity contribution in [1.29, 1.82) is 0 Å². The summed E-state index contributed by atoms with van der Waals surface area (Å²) in [5.41, 5.74) is -0.522. The predicted molar refractivity (Wildman–Crippen MR) is 77.5 cm³/mol. The lowest BCUT2D eigenvalue weighted by Crippen LogP contribution is -2.45. The second kappa shape index (κ2) is 8.79. The van der Waals surface area contributed by atoms with E-state index >= 15 is 0 Å². The number of esters is 1. The minimum atomic E-state index is -0.522. The Balaban J connectivity index is 4.27. The van der Waals surface area contributed by atoms with Gasteiger partial charge in [0.05, 0.1) is 13.7 Å². The zero-order valence-electron chi connectivity index (χ0n) is 13.4. The van der Waals surface area contributed by atoms with Crippen molar-refractivity contribution in [2.24, 2.45) is 5.92 Å². The Hall–Kier alpha value is -1.30. The molecule has 0 aromatic heterocycles. The molecule has 0 aliphatic carbocycles. The molecule has 0 aliphatic heterocycles. The SMILES string of the molecule is COC(=O)CNCC(CC(C)C)NC(=O)OC(C)(C)C. The van der Waals surface area contributed by atoms with Crippen LogP contribution in [0.25, 0.3) is 0 Å². The number of ether oxygens (including phenoxy) is 2. The zero-order chi connectivity index (χ0) is 15.8. The summed E-state index contributed by atoms with van der Waals surface area (Å²) in [7, 11) is 1.34. The number of hydrogen-bond acceptors (Lipinski definition) is 5. The molecule has 6 nitrogen and oxygen atoms in total. The van der Waals surface area contributed by atoms with Crippen molar-refractivity contribution < 1.29 is 19.1 Å². The molecule has 0 aliphatic rings. The van der Waals surface area contributed by atoms with Crippen LogP contribution < -0.4 is 10.6 Å². The summed E-state index contributed by atoms with van der Waals surface area (Å²) in [6.45, 7) is 10.2. The van der Waals surface area contributed by atoms with Crippen molar-refractivity contribution in [2.45, 2.75) is 52.7 Å². The van der Waals surface area contributed by atoms with Crippen LogP contribution in [0.5, 0.6) is 0 Å². The summed E-state index contributed by atoms with van der Waals surface area (Å²) in [6, 6.07) is -0.0884. The number of amides is 1. The lowest BCUT2D eigenvalue weighted by atomic mass is 10.0. The Labute approximate surface area is 121 Å². The van der Waals surface area contributed by atoms with Crippen LogP contribution in [0.2, 0.25) is 0 Å². The van der Waals surface area contributed by atoms with Gasteiger partial charge >= 0.3 is 12.1 Å². The molecule has 0 heterocycles. The molecule has 0 saturated carbocycles. The third kappa shape index (κ3) is 10.6. The summed E-state index contributed by atoms with van der Waals surface area (Å²) in [4.78, 5) is 22.8. The van der Waals surface area contributed by atoms with Crippen LogP contribution in [0, 0.1) is 5.92 Å². The molecule has 20 heavy (non-hydrogen) atoms. The molecule has 0 aromatic rings. The summed E-state index contributed by atoms with van der Waals surface area (Å²) < 4.78 is 9.78. The molecule has 0 aromatic carbocycles. The Morgan fingerprint density at radius 3 is 2.25 bits per heavy atom. The average Bonchev–Trinajstić information content (AvgIpc) is 2.24. The van der Waals surface area contributed by atoms with Crippen LogP contribution in [0.3, 0.4) is 0 Å². The van der Waals surface area contributed by atoms with E-state index in [0.717, 1.165) is 6.42 Å². The maximum Gasteiger partial charge on any atom is 0.407 e. The molecular formula is C14H28N2O4. The highest BCUT2D eigenvalue weighted by molar-refractivity contribution is 5.71. The molecule has 0 spiro atoms. The normalized spacial score (nSPS) is 12.9. The average molecular weight is 288 g/mol. The molecule has 118 valence electrons. The largest absolute Gasteiger partial charge is 0.468 e. The van der Waals surface area contributed by atoms with Gasteiger partial charge in [-0.3, -0.25) is 4.79 Å². The second-order valence-electron chi connectivity index (χ2n) is 6.18. The monoisotopic (exact) mass is 288 g/mol. The van der Waals surface area contributed by atoms with Crippen LogP contribution in [0.4, 0.5) is 4.79 Å². The Morgan fingerprint density at radius 1 is 1.20 bits per heavy atom. The van der Waals surface area contributed by atoms with Gasteiger partial charge in [0, 0.05) is 12.6 Å². The molecule has 0 rings (SSSR count). The van der Waals surface area contributed by atoms with Gasteiger partial charge in [0.15, 0.2) is 0 Å². The fourth-order valence-corrected chi connectivity index (χ4v) is 1.66. The molecule has 0 fully saturated rings. The van der Waals surface area contributed by atoms with Crippen LogP contribution >= 0.6 is 0 Å². The predicted octanol–water partition coefficient (Wildman–Crippen LogP) is 1.69. The molecule has 1 amide bonds. The number of carbonyl (C=O) groups is 2. The molecule has 0 bridgehead atoms. The minimum Gasteiger partial charge on any atom is -0.468 e. The fourth-order valence-electron chi connectivity index (χ4n) is 1.66. The lowest BCUT2D eigenvalue weighted by Gasteiger charge is -2.24. The van der Waals surface area contributed by atoms with E-state index < -0.39 is 11.7 Å². The highest BCUT2D eigenvalue weighted by atomic mass is 16.6. The van der Waals surface area contributed by atoms with E-state index in [9.17, 15) is 9.59 Å². The first kappa shape index (κ1) is 18.7. The smallest absolute Gasteiger partial charge is 0.407 e. The summed E-state index contributed by atoms with van der Waals surface area (Å²) in [5.74, 6) is 0.0976. The Kier molecular flexibility index (Phi) is 8.22. The van der Waals surface area contributed by atoms with Gasteiger partial charge in [-0.1, -0.05) is 13.8 Å². The zero-order valence-corrected chi connectivity index (χ0v) is 13.4. The van der Waals surface area contributed by atoms with E-state index in [1.165, 1.54) is 7.11 Å². The molecular weight excluding hydrogens is 260 g/mol. The van der Waals surface area contributed by atoms with Crippen LogP contribution in [0.15, 0.2) is 0 Å². The first-order valence-corrected chi connectivity index (χ1v) is 6.91. The molecule has 6 heteroatoms. The Bertz CT molecular complexity index is 311. The van der Waals surface area contributed by atoms with Crippen LogP contribution in [-0.4, -0.2) is 43.9 Å². The van der Waals surface area contributed by atoms with E-state index in [1.54, 1.807) is 0 Å². The quantitative estimate of drug-likeness (QED) is 0.697. The van der Waals surface area contributed by atoms with Crippen molar-refractivity contribution >= 4 is 12.1 Å². The number of methoxy groups -OCH3 is 1. The number of hydrogen-bond donors (Lipinski definition) is 2. The highest BCUT2D eigenvalue weighted by Gasteiger charge is 2.20. The fraction of sp³-hybridized carbons (Fsp3) is 0.857. The number of alkyl carbamates (subject to hydrolysis) is 1. The van der Waals surface area contributed by atoms with Gasteiger partial charge < -0.3 is 20.1 Å². The molecule has 1 atom stereocenters. The van der Waals surface area contributed by atoms with Crippen molar-refractivity contribution in [2.75, 3.05) is 20.2 Å². The van der Waals surface area contributed by atoms with E-state index in [0.29, 0.717) is 12.5 Å². The van der Waals surface area contributed by atoms with E-state index in [-0.39, 0.29) is 18.6 Å². The maximum absolute atomic E-state index is 11.8. The van der Waals surface area contributed by atoms with Gasteiger partial charge in [-0.15, -0.1) is 0 Å². The molecule has 0 saturated heterocycles. The van der Waals surface area contributed by atoms with Gasteiger partial charge in [-0.2, -0.15) is 0 Å². The first-order valence-electron chi connectivity index (χ1n) is 6.91. The van der Waals surface area contributed by atoms with Gasteiger partial charge in [0.2, 0.25) is 0 Å². The molecule has 1 unspecified atom stereocenters. The number of nitrogens with one attached hydrogen (secondary N) is 2. The van der Waals surface area contributed by atoms with Gasteiger partial charge in [-0.05, 0) is 33.1 Å². The lowest BCUT2D eigenvalue weighted by molar-refractivity contribution is -0.139. The number of carbonyl (C=O) groups excluding carboxylic acids is 2. The van der Waals surface area contributed by atoms with Gasteiger partial charge in [0.1, 0.15) is 5.60 Å². The van der Waals surface area contributed by atoms with Crippen molar-refractivity contribution in [3.63, 3.8) is 0 Å². The van der Waals surface area contributed by atoms with Gasteiger partial charge in [-0.25, -0.2) is 4.79 Å². The van der Waals surface area contributed by atoms with E-state index in [4.69, 9.17) is 4.74 Å². The van der Waals surface area contributed by atoms with Crippen molar-refractivity contribution in [1.82, 2.24) is 10.6 Å². The summed E-state index contributed by atoms with van der Waals surface area (Å²) >= 11 is 0. The third-order valence-corrected chi connectivity index (χ3v) is 2.36.